The molecule has 3 fully saturated rings. The fraction of sp³-hybridized carbons (Fsp3) is 0.680. The molecule has 3 aliphatic rings. The zero-order valence-electron chi connectivity index (χ0n) is 19.2. The molecule has 0 atom stereocenters. The van der Waals surface area contributed by atoms with Crippen LogP contribution >= 0.6 is 0 Å². The Morgan fingerprint density at radius 3 is 2.28 bits per heavy atom. The van der Waals surface area contributed by atoms with Gasteiger partial charge in [-0.15, -0.1) is 0 Å². The first kappa shape index (κ1) is 23.2. The number of rotatable bonds is 10. The van der Waals surface area contributed by atoms with Crippen LogP contribution in [0.3, 0.4) is 0 Å². The predicted molar refractivity (Wildman–Crippen MR) is 124 cm³/mol. The third-order valence-electron chi connectivity index (χ3n) is 6.85. The zero-order valence-corrected chi connectivity index (χ0v) is 19.2. The molecule has 1 saturated carbocycles. The molecule has 32 heavy (non-hydrogen) atoms. The molecule has 0 radical (unpaired) electrons. The van der Waals surface area contributed by atoms with E-state index in [0.29, 0.717) is 25.0 Å². The SMILES string of the molecule is O=C(CCC(=O)N(C1CC1)C1CCN(Cc2ccccc2)CC1)NCCN1CCOCC1. The number of amides is 2. The molecule has 0 aromatic heterocycles. The number of ether oxygens (including phenoxy) is 1. The number of hydrogen-bond acceptors (Lipinski definition) is 5. The summed E-state index contributed by atoms with van der Waals surface area (Å²) in [4.78, 5) is 32.2. The summed E-state index contributed by atoms with van der Waals surface area (Å²) in [5, 5.41) is 2.98. The Hall–Kier alpha value is -1.96. The Labute approximate surface area is 192 Å². The van der Waals surface area contributed by atoms with E-state index < -0.39 is 0 Å². The molecule has 7 heteroatoms. The largest absolute Gasteiger partial charge is 0.379 e. The highest BCUT2D eigenvalue weighted by Crippen LogP contribution is 2.32. The number of hydrogen-bond donors (Lipinski definition) is 1. The first-order valence-electron chi connectivity index (χ1n) is 12.3. The Balaban J connectivity index is 1.17. The van der Waals surface area contributed by atoms with E-state index in [1.165, 1.54) is 5.56 Å². The normalized spacial score (nSPS) is 20.8. The zero-order chi connectivity index (χ0) is 22.2. The summed E-state index contributed by atoms with van der Waals surface area (Å²) in [7, 11) is 0. The Morgan fingerprint density at radius 2 is 1.59 bits per heavy atom. The van der Waals surface area contributed by atoms with Crippen molar-refractivity contribution in [2.24, 2.45) is 0 Å². The van der Waals surface area contributed by atoms with E-state index in [1.54, 1.807) is 0 Å². The molecule has 2 aliphatic heterocycles. The lowest BCUT2D eigenvalue weighted by molar-refractivity contribution is -0.137. The highest BCUT2D eigenvalue weighted by molar-refractivity contribution is 5.84. The lowest BCUT2D eigenvalue weighted by atomic mass is 10.0. The van der Waals surface area contributed by atoms with Gasteiger partial charge in [0.1, 0.15) is 0 Å². The summed E-state index contributed by atoms with van der Waals surface area (Å²) >= 11 is 0. The second kappa shape index (κ2) is 11.8. The number of nitrogens with zero attached hydrogens (tertiary/aromatic N) is 3. The number of piperidine rings is 1. The van der Waals surface area contributed by atoms with Crippen LogP contribution < -0.4 is 5.32 Å². The minimum atomic E-state index is -0.0139. The van der Waals surface area contributed by atoms with E-state index in [4.69, 9.17) is 4.74 Å². The van der Waals surface area contributed by atoms with Crippen LogP contribution in [0.4, 0.5) is 0 Å². The molecule has 0 spiro atoms. The molecule has 0 unspecified atom stereocenters. The maximum absolute atomic E-state index is 13.0. The minimum absolute atomic E-state index is 0.0139. The van der Waals surface area contributed by atoms with Crippen LogP contribution in [-0.4, -0.2) is 91.1 Å². The van der Waals surface area contributed by atoms with Crippen molar-refractivity contribution < 1.29 is 14.3 Å². The Bertz CT molecular complexity index is 726. The van der Waals surface area contributed by atoms with Gasteiger partial charge in [0.05, 0.1) is 13.2 Å². The molecule has 1 aromatic carbocycles. The second-order valence-electron chi connectivity index (χ2n) is 9.33. The van der Waals surface area contributed by atoms with Crippen molar-refractivity contribution in [1.82, 2.24) is 20.0 Å². The lowest BCUT2D eigenvalue weighted by Gasteiger charge is -2.39. The van der Waals surface area contributed by atoms with E-state index in [-0.39, 0.29) is 18.2 Å². The van der Waals surface area contributed by atoms with Gasteiger partial charge in [-0.1, -0.05) is 30.3 Å². The molecule has 1 aliphatic carbocycles. The first-order valence-corrected chi connectivity index (χ1v) is 12.3. The molecular formula is C25H38N4O3. The highest BCUT2D eigenvalue weighted by Gasteiger charge is 2.38. The molecule has 176 valence electrons. The molecular weight excluding hydrogens is 404 g/mol. The monoisotopic (exact) mass is 442 g/mol. The lowest BCUT2D eigenvalue weighted by Crippen LogP contribution is -2.48. The standard InChI is InChI=1S/C25H38N4O3/c30-24(26-12-15-27-16-18-32-19-17-27)8-9-25(31)29(22-6-7-22)23-10-13-28(14-11-23)20-21-4-2-1-3-5-21/h1-5,22-23H,6-20H2,(H,26,30). The number of carbonyl (C=O) groups is 2. The van der Waals surface area contributed by atoms with Gasteiger partial charge < -0.3 is 15.0 Å². The van der Waals surface area contributed by atoms with Crippen LogP contribution in [0, 0.1) is 0 Å². The van der Waals surface area contributed by atoms with Crippen LogP contribution in [0.15, 0.2) is 30.3 Å². The van der Waals surface area contributed by atoms with Crippen molar-refractivity contribution in [2.75, 3.05) is 52.5 Å². The van der Waals surface area contributed by atoms with Gasteiger partial charge >= 0.3 is 0 Å². The molecule has 2 amide bonds. The van der Waals surface area contributed by atoms with Gasteiger partial charge in [-0.2, -0.15) is 0 Å². The summed E-state index contributed by atoms with van der Waals surface area (Å²) in [6.45, 7) is 7.91. The first-order chi connectivity index (χ1) is 15.7. The van der Waals surface area contributed by atoms with E-state index >= 15 is 0 Å². The van der Waals surface area contributed by atoms with E-state index in [0.717, 1.165) is 78.2 Å². The smallest absolute Gasteiger partial charge is 0.223 e. The molecule has 1 aromatic rings. The number of carbonyl (C=O) groups excluding carboxylic acids is 2. The average molecular weight is 443 g/mol. The van der Waals surface area contributed by atoms with Crippen molar-refractivity contribution in [3.05, 3.63) is 35.9 Å². The fourth-order valence-corrected chi connectivity index (χ4v) is 4.87. The van der Waals surface area contributed by atoms with Crippen LogP contribution in [0.1, 0.15) is 44.1 Å². The van der Waals surface area contributed by atoms with Gasteiger partial charge in [0.25, 0.3) is 0 Å². The summed E-state index contributed by atoms with van der Waals surface area (Å²) in [6, 6.07) is 11.3. The number of morpholine rings is 1. The van der Waals surface area contributed by atoms with Crippen LogP contribution in [0.25, 0.3) is 0 Å². The predicted octanol–water partition coefficient (Wildman–Crippen LogP) is 1.87. The van der Waals surface area contributed by atoms with E-state index in [2.05, 4.69) is 50.3 Å². The average Bonchev–Trinajstić information content (AvgIpc) is 3.65. The minimum Gasteiger partial charge on any atom is -0.379 e. The molecule has 7 nitrogen and oxygen atoms in total. The van der Waals surface area contributed by atoms with Gasteiger partial charge in [-0.3, -0.25) is 19.4 Å². The third kappa shape index (κ3) is 7.02. The quantitative estimate of drug-likeness (QED) is 0.599. The summed E-state index contributed by atoms with van der Waals surface area (Å²) in [5.74, 6) is 0.150. The molecule has 1 N–H and O–H groups in total. The molecule has 2 heterocycles. The van der Waals surface area contributed by atoms with Gasteiger partial charge in [0, 0.05) is 70.7 Å². The van der Waals surface area contributed by atoms with Gasteiger partial charge in [0.2, 0.25) is 11.8 Å². The van der Waals surface area contributed by atoms with E-state index in [9.17, 15) is 9.59 Å². The molecule has 4 rings (SSSR count). The molecule has 2 saturated heterocycles. The van der Waals surface area contributed by atoms with Crippen LogP contribution in [-0.2, 0) is 20.9 Å². The number of nitrogens with one attached hydrogen (secondary N) is 1. The topological polar surface area (TPSA) is 65.1 Å². The maximum Gasteiger partial charge on any atom is 0.223 e. The number of benzene rings is 1. The van der Waals surface area contributed by atoms with Crippen molar-refractivity contribution in [3.63, 3.8) is 0 Å². The number of likely N-dealkylation sites (tertiary alicyclic amines) is 1. The third-order valence-corrected chi connectivity index (χ3v) is 6.85. The van der Waals surface area contributed by atoms with Crippen molar-refractivity contribution >= 4 is 11.8 Å². The highest BCUT2D eigenvalue weighted by atomic mass is 16.5. The summed E-state index contributed by atoms with van der Waals surface area (Å²) in [5.41, 5.74) is 1.35. The van der Waals surface area contributed by atoms with Crippen LogP contribution in [0.2, 0.25) is 0 Å². The fourth-order valence-electron chi connectivity index (χ4n) is 4.87. The second-order valence-corrected chi connectivity index (χ2v) is 9.33. The van der Waals surface area contributed by atoms with Gasteiger partial charge in [-0.05, 0) is 31.2 Å². The Morgan fingerprint density at radius 1 is 0.906 bits per heavy atom. The van der Waals surface area contributed by atoms with Crippen molar-refractivity contribution in [2.45, 2.75) is 57.2 Å². The maximum atomic E-state index is 13.0. The van der Waals surface area contributed by atoms with Crippen molar-refractivity contribution in [1.29, 1.82) is 0 Å². The summed E-state index contributed by atoms with van der Waals surface area (Å²) in [6.07, 6.45) is 4.90. The summed E-state index contributed by atoms with van der Waals surface area (Å²) < 4.78 is 5.35. The molecule has 0 bridgehead atoms. The van der Waals surface area contributed by atoms with E-state index in [1.807, 2.05) is 0 Å². The van der Waals surface area contributed by atoms with Gasteiger partial charge in [0.15, 0.2) is 0 Å². The van der Waals surface area contributed by atoms with Gasteiger partial charge in [-0.25, -0.2) is 0 Å². The van der Waals surface area contributed by atoms with Crippen molar-refractivity contribution in [3.8, 4) is 0 Å². The Kier molecular flexibility index (Phi) is 8.54. The van der Waals surface area contributed by atoms with Crippen LogP contribution in [0.5, 0.6) is 0 Å².